The minimum Gasteiger partial charge on any atom is -0.488 e. The lowest BCUT2D eigenvalue weighted by atomic mass is 10.1. The predicted molar refractivity (Wildman–Crippen MR) is 111 cm³/mol. The van der Waals surface area contributed by atoms with E-state index in [4.69, 9.17) is 30.5 Å². The SMILES string of the molecule is COC[C@H](C)Oc1cc(Oc2ccc(C(=O)O)cc2F)cc(C(=O)NC(=N)CCN)c1. The molecule has 5 N–H and O–H groups in total. The van der Waals surface area contributed by atoms with Gasteiger partial charge in [-0.15, -0.1) is 0 Å². The largest absolute Gasteiger partial charge is 0.488 e. The molecule has 0 heterocycles. The number of halogens is 1. The van der Waals surface area contributed by atoms with Crippen molar-refractivity contribution < 1.29 is 33.3 Å². The maximum atomic E-state index is 14.3. The lowest BCUT2D eigenvalue weighted by molar-refractivity contribution is 0.0696. The summed E-state index contributed by atoms with van der Waals surface area (Å²) in [5, 5.41) is 19.1. The van der Waals surface area contributed by atoms with Gasteiger partial charge in [0, 0.05) is 25.2 Å². The van der Waals surface area contributed by atoms with E-state index in [1.54, 1.807) is 6.92 Å². The van der Waals surface area contributed by atoms with Crippen molar-refractivity contribution in [3.63, 3.8) is 0 Å². The number of nitrogens with two attached hydrogens (primary N) is 1. The summed E-state index contributed by atoms with van der Waals surface area (Å²) < 4.78 is 30.6. The predicted octanol–water partition coefficient (Wildman–Crippen LogP) is 2.79. The van der Waals surface area contributed by atoms with E-state index < -0.39 is 17.7 Å². The first-order valence-electron chi connectivity index (χ1n) is 9.33. The fraction of sp³-hybridized carbons (Fsp3) is 0.286. The molecule has 0 aromatic heterocycles. The van der Waals surface area contributed by atoms with Crippen molar-refractivity contribution in [2.45, 2.75) is 19.4 Å². The standard InChI is InChI=1S/C21H24FN3O6/c1-12(11-29-2)30-15-7-14(20(26)25-19(24)5-6-23)8-16(10-15)31-18-4-3-13(21(27)28)9-17(18)22/h3-4,7-10,12H,5-6,11,23H2,1-2H3,(H,27,28)(H2,24,25,26)/t12-/m0/s1. The molecule has 0 saturated carbocycles. The number of nitrogens with one attached hydrogen (secondary N) is 2. The van der Waals surface area contributed by atoms with Gasteiger partial charge in [0.25, 0.3) is 5.91 Å². The van der Waals surface area contributed by atoms with Crippen molar-refractivity contribution in [2.24, 2.45) is 5.73 Å². The number of rotatable bonds is 10. The molecule has 0 aliphatic carbocycles. The van der Waals surface area contributed by atoms with Crippen LogP contribution in [0.4, 0.5) is 4.39 Å². The number of carboxylic acid groups (broad SMARTS) is 1. The van der Waals surface area contributed by atoms with Gasteiger partial charge in [-0.1, -0.05) is 0 Å². The molecule has 0 radical (unpaired) electrons. The first kappa shape index (κ1) is 23.8. The molecule has 10 heteroatoms. The molecule has 166 valence electrons. The number of hydrogen-bond donors (Lipinski definition) is 4. The quantitative estimate of drug-likeness (QED) is 0.333. The fourth-order valence-electron chi connectivity index (χ4n) is 2.59. The maximum absolute atomic E-state index is 14.3. The highest BCUT2D eigenvalue weighted by atomic mass is 19.1. The summed E-state index contributed by atoms with van der Waals surface area (Å²) in [6.45, 7) is 2.26. The molecular weight excluding hydrogens is 409 g/mol. The van der Waals surface area contributed by atoms with Crippen LogP contribution >= 0.6 is 0 Å². The normalized spacial score (nSPS) is 11.5. The molecule has 0 aliphatic rings. The average molecular weight is 433 g/mol. The van der Waals surface area contributed by atoms with Crippen molar-refractivity contribution in [2.75, 3.05) is 20.3 Å². The zero-order valence-corrected chi connectivity index (χ0v) is 17.1. The summed E-state index contributed by atoms with van der Waals surface area (Å²) in [5.41, 5.74) is 5.27. The van der Waals surface area contributed by atoms with Gasteiger partial charge in [0.1, 0.15) is 23.4 Å². The Morgan fingerprint density at radius 3 is 2.52 bits per heavy atom. The highest BCUT2D eigenvalue weighted by Gasteiger charge is 2.16. The zero-order valence-electron chi connectivity index (χ0n) is 17.1. The van der Waals surface area contributed by atoms with Gasteiger partial charge < -0.3 is 30.4 Å². The van der Waals surface area contributed by atoms with E-state index in [0.29, 0.717) is 6.61 Å². The van der Waals surface area contributed by atoms with E-state index in [1.807, 2.05) is 0 Å². The summed E-state index contributed by atoms with van der Waals surface area (Å²) in [7, 11) is 1.52. The number of aromatic carboxylic acids is 1. The van der Waals surface area contributed by atoms with Crippen molar-refractivity contribution in [1.29, 1.82) is 5.41 Å². The molecule has 2 rings (SSSR count). The van der Waals surface area contributed by atoms with E-state index in [1.165, 1.54) is 37.4 Å². The maximum Gasteiger partial charge on any atom is 0.335 e. The number of amidine groups is 1. The van der Waals surface area contributed by atoms with Crippen molar-refractivity contribution in [1.82, 2.24) is 5.32 Å². The van der Waals surface area contributed by atoms with Crippen LogP contribution in [-0.4, -0.2) is 49.2 Å². The lowest BCUT2D eigenvalue weighted by Gasteiger charge is -2.16. The second-order valence-corrected chi connectivity index (χ2v) is 6.60. The molecule has 0 fully saturated rings. The third-order valence-corrected chi connectivity index (χ3v) is 3.95. The number of carbonyl (C=O) groups is 2. The van der Waals surface area contributed by atoms with Gasteiger partial charge in [0.2, 0.25) is 0 Å². The van der Waals surface area contributed by atoms with E-state index in [-0.39, 0.29) is 53.3 Å². The third-order valence-electron chi connectivity index (χ3n) is 3.95. The van der Waals surface area contributed by atoms with Gasteiger partial charge in [-0.25, -0.2) is 9.18 Å². The van der Waals surface area contributed by atoms with Crippen LogP contribution < -0.4 is 20.5 Å². The van der Waals surface area contributed by atoms with E-state index in [2.05, 4.69) is 5.32 Å². The Balaban J connectivity index is 2.35. The number of amides is 1. The summed E-state index contributed by atoms with van der Waals surface area (Å²) in [6.07, 6.45) is -0.157. The molecule has 9 nitrogen and oxygen atoms in total. The van der Waals surface area contributed by atoms with Crippen LogP contribution in [0.5, 0.6) is 17.2 Å². The summed E-state index contributed by atoms with van der Waals surface area (Å²) in [5.74, 6) is -2.67. The Morgan fingerprint density at radius 1 is 1.19 bits per heavy atom. The second-order valence-electron chi connectivity index (χ2n) is 6.60. The number of carbonyl (C=O) groups excluding carboxylic acids is 1. The van der Waals surface area contributed by atoms with Crippen molar-refractivity contribution >= 4 is 17.7 Å². The lowest BCUT2D eigenvalue weighted by Crippen LogP contribution is -2.31. The third kappa shape index (κ3) is 7.05. The molecule has 0 unspecified atom stereocenters. The van der Waals surface area contributed by atoms with Gasteiger partial charge >= 0.3 is 5.97 Å². The Kier molecular flexibility index (Phi) is 8.47. The summed E-state index contributed by atoms with van der Waals surface area (Å²) in [4.78, 5) is 23.5. The molecule has 0 spiro atoms. The average Bonchev–Trinajstić information content (AvgIpc) is 2.69. The smallest absolute Gasteiger partial charge is 0.335 e. The van der Waals surface area contributed by atoms with Crippen LogP contribution in [0, 0.1) is 11.2 Å². The highest BCUT2D eigenvalue weighted by Crippen LogP contribution is 2.30. The number of methoxy groups -OCH3 is 1. The molecule has 0 saturated heterocycles. The monoisotopic (exact) mass is 433 g/mol. The van der Waals surface area contributed by atoms with Crippen molar-refractivity contribution in [3.05, 3.63) is 53.3 Å². The molecule has 0 aliphatic heterocycles. The summed E-state index contributed by atoms with van der Waals surface area (Å²) >= 11 is 0. The first-order valence-corrected chi connectivity index (χ1v) is 9.33. The van der Waals surface area contributed by atoms with E-state index in [0.717, 1.165) is 6.07 Å². The van der Waals surface area contributed by atoms with Gasteiger partial charge in [0.05, 0.1) is 12.2 Å². The fourth-order valence-corrected chi connectivity index (χ4v) is 2.59. The van der Waals surface area contributed by atoms with Crippen LogP contribution in [0.1, 0.15) is 34.1 Å². The topological polar surface area (TPSA) is 144 Å². The molecule has 1 amide bonds. The van der Waals surface area contributed by atoms with Crippen LogP contribution in [0.15, 0.2) is 36.4 Å². The molecule has 2 aromatic carbocycles. The summed E-state index contributed by atoms with van der Waals surface area (Å²) in [6, 6.07) is 7.47. The minimum atomic E-state index is -1.27. The molecule has 31 heavy (non-hydrogen) atoms. The molecular formula is C21H24FN3O6. The van der Waals surface area contributed by atoms with Crippen LogP contribution in [0.3, 0.4) is 0 Å². The minimum absolute atomic E-state index is 0.0515. The number of benzene rings is 2. The van der Waals surface area contributed by atoms with Gasteiger partial charge in [-0.2, -0.15) is 0 Å². The number of hydrogen-bond acceptors (Lipinski definition) is 7. The van der Waals surface area contributed by atoms with E-state index >= 15 is 0 Å². The molecule has 1 atom stereocenters. The Labute approximate surface area is 178 Å². The first-order chi connectivity index (χ1) is 14.7. The second kappa shape index (κ2) is 11.0. The highest BCUT2D eigenvalue weighted by molar-refractivity contribution is 6.05. The van der Waals surface area contributed by atoms with Gasteiger partial charge in [0.15, 0.2) is 11.6 Å². The number of carboxylic acids is 1. The van der Waals surface area contributed by atoms with Gasteiger partial charge in [-0.05, 0) is 43.8 Å². The number of ether oxygens (including phenoxy) is 3. The van der Waals surface area contributed by atoms with Crippen LogP contribution in [0.25, 0.3) is 0 Å². The van der Waals surface area contributed by atoms with E-state index in [9.17, 15) is 14.0 Å². The van der Waals surface area contributed by atoms with Crippen LogP contribution in [0.2, 0.25) is 0 Å². The Bertz CT molecular complexity index is 966. The van der Waals surface area contributed by atoms with Crippen LogP contribution in [-0.2, 0) is 4.74 Å². The molecule has 2 aromatic rings. The molecule has 0 bridgehead atoms. The van der Waals surface area contributed by atoms with Crippen molar-refractivity contribution in [3.8, 4) is 17.2 Å². The van der Waals surface area contributed by atoms with Gasteiger partial charge in [-0.3, -0.25) is 10.2 Å². The Morgan fingerprint density at radius 2 is 1.90 bits per heavy atom. The zero-order chi connectivity index (χ0) is 23.0. The Hall–Kier alpha value is -3.50.